The first-order valence-corrected chi connectivity index (χ1v) is 4.64. The average molecular weight is 189 g/mol. The van der Waals surface area contributed by atoms with Gasteiger partial charge in [-0.1, -0.05) is 32.9 Å². The molecule has 0 radical (unpaired) electrons. The molecule has 2 heteroatoms. The Bertz CT molecular complexity index is 369. The van der Waals surface area contributed by atoms with E-state index in [-0.39, 0.29) is 17.6 Å². The van der Waals surface area contributed by atoms with E-state index in [4.69, 9.17) is 5.26 Å². The van der Waals surface area contributed by atoms with Gasteiger partial charge in [0.05, 0.1) is 12.5 Å². The molecule has 1 rings (SSSR count). The summed E-state index contributed by atoms with van der Waals surface area (Å²) in [6.45, 7) is 6.27. The number of hydrogen-bond acceptors (Lipinski definition) is 2. The molecule has 0 saturated heterocycles. The van der Waals surface area contributed by atoms with Gasteiger partial charge in [-0.05, 0) is 17.0 Å². The molecule has 0 unspecified atom stereocenters. The fourth-order valence-electron chi connectivity index (χ4n) is 1.27. The van der Waals surface area contributed by atoms with Crippen molar-refractivity contribution >= 4 is 0 Å². The second-order valence-corrected chi connectivity index (χ2v) is 4.43. The quantitative estimate of drug-likeness (QED) is 0.738. The number of phenols is 1. The van der Waals surface area contributed by atoms with Gasteiger partial charge in [-0.25, -0.2) is 0 Å². The molecule has 0 atom stereocenters. The van der Waals surface area contributed by atoms with Crippen LogP contribution in [0.25, 0.3) is 0 Å². The van der Waals surface area contributed by atoms with Gasteiger partial charge in [0.1, 0.15) is 5.75 Å². The van der Waals surface area contributed by atoms with Crippen LogP contribution in [0.1, 0.15) is 31.9 Å². The molecule has 74 valence electrons. The summed E-state index contributed by atoms with van der Waals surface area (Å²) in [6.07, 6.45) is 0.260. The van der Waals surface area contributed by atoms with Crippen LogP contribution >= 0.6 is 0 Å². The van der Waals surface area contributed by atoms with Gasteiger partial charge in [-0.15, -0.1) is 0 Å². The fraction of sp³-hybridized carbons (Fsp3) is 0.417. The number of nitrogens with zero attached hydrogens (tertiary/aromatic N) is 1. The summed E-state index contributed by atoms with van der Waals surface area (Å²) in [5.74, 6) is 0.221. The van der Waals surface area contributed by atoms with E-state index in [0.29, 0.717) is 5.56 Å². The number of rotatable bonds is 1. The van der Waals surface area contributed by atoms with Gasteiger partial charge in [0.25, 0.3) is 0 Å². The van der Waals surface area contributed by atoms with Gasteiger partial charge < -0.3 is 5.11 Å². The van der Waals surface area contributed by atoms with Gasteiger partial charge in [0.2, 0.25) is 0 Å². The number of hydrogen-bond donors (Lipinski definition) is 1. The van der Waals surface area contributed by atoms with Gasteiger partial charge in [-0.2, -0.15) is 5.26 Å². The third kappa shape index (κ3) is 2.26. The molecule has 0 fully saturated rings. The van der Waals surface area contributed by atoms with Crippen molar-refractivity contribution in [3.05, 3.63) is 29.3 Å². The smallest absolute Gasteiger partial charge is 0.120 e. The molecule has 0 spiro atoms. The maximum absolute atomic E-state index is 9.63. The van der Waals surface area contributed by atoms with Crippen molar-refractivity contribution in [2.45, 2.75) is 32.6 Å². The predicted molar refractivity (Wildman–Crippen MR) is 56.1 cm³/mol. The molecule has 2 nitrogen and oxygen atoms in total. The molecule has 1 aromatic rings. The van der Waals surface area contributed by atoms with E-state index in [1.807, 2.05) is 18.2 Å². The summed E-state index contributed by atoms with van der Waals surface area (Å²) in [5, 5.41) is 18.1. The second-order valence-electron chi connectivity index (χ2n) is 4.43. The maximum atomic E-state index is 9.63. The van der Waals surface area contributed by atoms with E-state index in [1.165, 1.54) is 0 Å². The number of nitriles is 1. The summed E-state index contributed by atoms with van der Waals surface area (Å²) in [7, 11) is 0. The van der Waals surface area contributed by atoms with Gasteiger partial charge in [-0.3, -0.25) is 0 Å². The topological polar surface area (TPSA) is 44.0 Å². The molecular formula is C12H15NO. The SMILES string of the molecule is CC(C)(C)c1ccc(CC#N)c(O)c1. The summed E-state index contributed by atoms with van der Waals surface area (Å²) in [6, 6.07) is 7.55. The van der Waals surface area contributed by atoms with E-state index in [0.717, 1.165) is 5.56 Å². The molecule has 0 aromatic heterocycles. The van der Waals surface area contributed by atoms with E-state index >= 15 is 0 Å². The minimum atomic E-state index is 0.0304. The molecular weight excluding hydrogens is 174 g/mol. The molecule has 0 aliphatic rings. The van der Waals surface area contributed by atoms with Crippen LogP contribution in [0.15, 0.2) is 18.2 Å². The Balaban J connectivity index is 3.08. The van der Waals surface area contributed by atoms with Crippen LogP contribution in [0.5, 0.6) is 5.75 Å². The zero-order valence-corrected chi connectivity index (χ0v) is 8.83. The van der Waals surface area contributed by atoms with E-state index in [1.54, 1.807) is 6.07 Å². The monoisotopic (exact) mass is 189 g/mol. The Morgan fingerprint density at radius 3 is 2.43 bits per heavy atom. The molecule has 14 heavy (non-hydrogen) atoms. The zero-order chi connectivity index (χ0) is 10.8. The Kier molecular flexibility index (Phi) is 2.81. The zero-order valence-electron chi connectivity index (χ0n) is 8.83. The number of phenolic OH excluding ortho intramolecular Hbond substituents is 1. The summed E-state index contributed by atoms with van der Waals surface area (Å²) in [5.41, 5.74) is 1.81. The van der Waals surface area contributed by atoms with Gasteiger partial charge in [0.15, 0.2) is 0 Å². The first-order chi connectivity index (χ1) is 6.45. The lowest BCUT2D eigenvalue weighted by Gasteiger charge is -2.19. The van der Waals surface area contributed by atoms with Crippen LogP contribution in [0.2, 0.25) is 0 Å². The largest absolute Gasteiger partial charge is 0.508 e. The van der Waals surface area contributed by atoms with Crippen molar-refractivity contribution in [3.63, 3.8) is 0 Å². The van der Waals surface area contributed by atoms with Crippen molar-refractivity contribution in [2.24, 2.45) is 0 Å². The van der Waals surface area contributed by atoms with Crippen LogP contribution in [0, 0.1) is 11.3 Å². The lowest BCUT2D eigenvalue weighted by molar-refractivity contribution is 0.465. The van der Waals surface area contributed by atoms with Gasteiger partial charge >= 0.3 is 0 Å². The van der Waals surface area contributed by atoms with Crippen molar-refractivity contribution in [2.75, 3.05) is 0 Å². The molecule has 0 amide bonds. The highest BCUT2D eigenvalue weighted by Crippen LogP contribution is 2.27. The number of benzene rings is 1. The predicted octanol–water partition coefficient (Wildman–Crippen LogP) is 2.76. The van der Waals surface area contributed by atoms with E-state index < -0.39 is 0 Å². The Hall–Kier alpha value is -1.49. The summed E-state index contributed by atoms with van der Waals surface area (Å²) < 4.78 is 0. The van der Waals surface area contributed by atoms with E-state index in [2.05, 4.69) is 20.8 Å². The normalized spacial score (nSPS) is 11.0. The van der Waals surface area contributed by atoms with Crippen LogP contribution in [0.3, 0.4) is 0 Å². The highest BCUT2D eigenvalue weighted by atomic mass is 16.3. The average Bonchev–Trinajstić information content (AvgIpc) is 2.07. The van der Waals surface area contributed by atoms with E-state index in [9.17, 15) is 5.11 Å². The third-order valence-electron chi connectivity index (χ3n) is 2.22. The highest BCUT2D eigenvalue weighted by Gasteiger charge is 2.14. The number of aromatic hydroxyl groups is 1. The van der Waals surface area contributed by atoms with Gasteiger partial charge in [0, 0.05) is 5.56 Å². The minimum absolute atomic E-state index is 0.0304. The molecule has 0 aliphatic carbocycles. The summed E-state index contributed by atoms with van der Waals surface area (Å²) in [4.78, 5) is 0. The van der Waals surface area contributed by atoms with Crippen molar-refractivity contribution in [1.82, 2.24) is 0 Å². The first kappa shape index (κ1) is 10.6. The Morgan fingerprint density at radius 2 is 2.00 bits per heavy atom. The Labute approximate surface area is 84.8 Å². The highest BCUT2D eigenvalue weighted by molar-refractivity contribution is 5.40. The second kappa shape index (κ2) is 3.71. The van der Waals surface area contributed by atoms with Crippen molar-refractivity contribution in [1.29, 1.82) is 5.26 Å². The van der Waals surface area contributed by atoms with Crippen LogP contribution in [-0.2, 0) is 11.8 Å². The lowest BCUT2D eigenvalue weighted by atomic mass is 9.86. The molecule has 0 aliphatic heterocycles. The Morgan fingerprint density at radius 1 is 1.36 bits per heavy atom. The van der Waals surface area contributed by atoms with Crippen LogP contribution in [-0.4, -0.2) is 5.11 Å². The minimum Gasteiger partial charge on any atom is -0.508 e. The molecule has 1 aromatic carbocycles. The fourth-order valence-corrected chi connectivity index (χ4v) is 1.27. The molecule has 0 bridgehead atoms. The van der Waals surface area contributed by atoms with Crippen LogP contribution < -0.4 is 0 Å². The molecule has 0 saturated carbocycles. The van der Waals surface area contributed by atoms with Crippen molar-refractivity contribution < 1.29 is 5.11 Å². The lowest BCUT2D eigenvalue weighted by Crippen LogP contribution is -2.10. The standard InChI is InChI=1S/C12H15NO/c1-12(2,3)10-5-4-9(6-7-13)11(14)8-10/h4-5,8,14H,6H2,1-3H3. The van der Waals surface area contributed by atoms with Crippen molar-refractivity contribution in [3.8, 4) is 11.8 Å². The first-order valence-electron chi connectivity index (χ1n) is 4.64. The van der Waals surface area contributed by atoms with Crippen LogP contribution in [0.4, 0.5) is 0 Å². The molecule has 0 heterocycles. The third-order valence-corrected chi connectivity index (χ3v) is 2.22. The molecule has 1 N–H and O–H groups in total. The maximum Gasteiger partial charge on any atom is 0.120 e. The summed E-state index contributed by atoms with van der Waals surface area (Å²) >= 11 is 0.